The Kier molecular flexibility index (Phi) is 7.12. The predicted octanol–water partition coefficient (Wildman–Crippen LogP) is 4.02. The van der Waals surface area contributed by atoms with Crippen molar-refractivity contribution in [3.8, 4) is 0 Å². The van der Waals surface area contributed by atoms with E-state index in [2.05, 4.69) is 29.8 Å². The van der Waals surface area contributed by atoms with Crippen molar-refractivity contribution >= 4 is 33.0 Å². The lowest BCUT2D eigenvalue weighted by molar-refractivity contribution is -0.118. The molecule has 0 fully saturated rings. The lowest BCUT2D eigenvalue weighted by atomic mass is 9.87. The Labute approximate surface area is 122 Å². The van der Waals surface area contributed by atoms with Gasteiger partial charge in [0.1, 0.15) is 5.78 Å². The van der Waals surface area contributed by atoms with E-state index in [4.69, 9.17) is 5.73 Å². The molecule has 1 atom stereocenters. The second-order valence-corrected chi connectivity index (χ2v) is 6.88. The van der Waals surface area contributed by atoms with Gasteiger partial charge < -0.3 is 5.73 Å². The van der Waals surface area contributed by atoms with E-state index in [1.54, 1.807) is 11.3 Å². The van der Waals surface area contributed by atoms with Gasteiger partial charge in [-0.05, 0) is 58.6 Å². The monoisotopic (exact) mass is 331 g/mol. The van der Waals surface area contributed by atoms with Crippen molar-refractivity contribution in [1.82, 2.24) is 0 Å². The van der Waals surface area contributed by atoms with Crippen LogP contribution in [0.15, 0.2) is 15.9 Å². The van der Waals surface area contributed by atoms with Crippen LogP contribution in [0.25, 0.3) is 0 Å². The minimum Gasteiger partial charge on any atom is -0.330 e. The number of halogens is 1. The van der Waals surface area contributed by atoms with Crippen LogP contribution in [0.5, 0.6) is 0 Å². The molecule has 0 aromatic carbocycles. The number of nitrogens with two attached hydrogens (primary N) is 1. The maximum atomic E-state index is 11.9. The second kappa shape index (κ2) is 8.08. The van der Waals surface area contributed by atoms with Crippen molar-refractivity contribution in [2.24, 2.45) is 17.6 Å². The molecule has 0 saturated heterocycles. The molecule has 1 aromatic heterocycles. The highest BCUT2D eigenvalue weighted by atomic mass is 79.9. The van der Waals surface area contributed by atoms with E-state index in [1.165, 1.54) is 0 Å². The Balaban J connectivity index is 2.38. The minimum absolute atomic E-state index is 0.334. The highest BCUT2D eigenvalue weighted by Crippen LogP contribution is 2.25. The van der Waals surface area contributed by atoms with Gasteiger partial charge in [-0.25, -0.2) is 0 Å². The summed E-state index contributed by atoms with van der Waals surface area (Å²) >= 11 is 5.11. The standard InChI is InChI=1S/C14H22BrNOS/c1-10(2)11(5-7-16)3-4-12(17)9-14-13(15)6-8-18-14/h6,8,10-11H,3-5,7,9,16H2,1-2H3. The fourth-order valence-electron chi connectivity index (χ4n) is 2.09. The molecule has 1 heterocycles. The van der Waals surface area contributed by atoms with Crippen LogP contribution in [0.4, 0.5) is 0 Å². The van der Waals surface area contributed by atoms with Gasteiger partial charge in [-0.15, -0.1) is 11.3 Å². The molecule has 102 valence electrons. The summed E-state index contributed by atoms with van der Waals surface area (Å²) in [6.45, 7) is 5.13. The molecule has 0 bridgehead atoms. The van der Waals surface area contributed by atoms with Gasteiger partial charge in [0.15, 0.2) is 0 Å². The summed E-state index contributed by atoms with van der Waals surface area (Å²) in [6, 6.07) is 2.00. The van der Waals surface area contributed by atoms with Crippen LogP contribution in [0, 0.1) is 11.8 Å². The zero-order chi connectivity index (χ0) is 13.5. The Bertz CT molecular complexity index is 376. The third-order valence-corrected chi connectivity index (χ3v) is 5.25. The van der Waals surface area contributed by atoms with E-state index in [1.807, 2.05) is 11.4 Å². The summed E-state index contributed by atoms with van der Waals surface area (Å²) in [4.78, 5) is 13.1. The van der Waals surface area contributed by atoms with Crippen molar-refractivity contribution in [2.45, 2.75) is 39.5 Å². The first kappa shape index (κ1) is 15.9. The molecule has 0 aliphatic rings. The first-order chi connectivity index (χ1) is 8.54. The third-order valence-electron chi connectivity index (χ3n) is 3.32. The topological polar surface area (TPSA) is 43.1 Å². The molecule has 18 heavy (non-hydrogen) atoms. The Morgan fingerprint density at radius 3 is 2.67 bits per heavy atom. The number of rotatable bonds is 8. The van der Waals surface area contributed by atoms with Crippen LogP contribution in [0.1, 0.15) is 38.0 Å². The molecule has 0 aliphatic carbocycles. The summed E-state index contributed by atoms with van der Waals surface area (Å²) in [5.74, 6) is 1.52. The van der Waals surface area contributed by atoms with Crippen LogP contribution >= 0.6 is 27.3 Å². The number of hydrogen-bond acceptors (Lipinski definition) is 3. The summed E-state index contributed by atoms with van der Waals surface area (Å²) in [6.07, 6.45) is 3.23. The van der Waals surface area contributed by atoms with Gasteiger partial charge in [0, 0.05) is 22.2 Å². The van der Waals surface area contributed by atoms with Gasteiger partial charge in [-0.1, -0.05) is 13.8 Å². The maximum Gasteiger partial charge on any atom is 0.138 e. The average molecular weight is 332 g/mol. The van der Waals surface area contributed by atoms with Gasteiger partial charge in [0.25, 0.3) is 0 Å². The van der Waals surface area contributed by atoms with Gasteiger partial charge >= 0.3 is 0 Å². The molecule has 0 radical (unpaired) electrons. The van der Waals surface area contributed by atoms with Gasteiger partial charge in [0.2, 0.25) is 0 Å². The Morgan fingerprint density at radius 1 is 1.44 bits per heavy atom. The van der Waals surface area contributed by atoms with E-state index in [9.17, 15) is 4.79 Å². The second-order valence-electron chi connectivity index (χ2n) is 5.03. The molecule has 1 unspecified atom stereocenters. The molecule has 0 amide bonds. The lowest BCUT2D eigenvalue weighted by Crippen LogP contribution is -2.16. The molecule has 0 spiro atoms. The van der Waals surface area contributed by atoms with Crippen LogP contribution in [0.2, 0.25) is 0 Å². The van der Waals surface area contributed by atoms with Gasteiger partial charge in [-0.2, -0.15) is 0 Å². The highest BCUT2D eigenvalue weighted by molar-refractivity contribution is 9.10. The Hall–Kier alpha value is -0.190. The summed E-state index contributed by atoms with van der Waals surface area (Å²) < 4.78 is 1.06. The number of thiophene rings is 1. The fourth-order valence-corrected chi connectivity index (χ4v) is 3.61. The zero-order valence-corrected chi connectivity index (χ0v) is 13.5. The number of Topliss-reactive ketones (excluding diaryl/α,β-unsaturated/α-hetero) is 1. The Morgan fingerprint density at radius 2 is 2.17 bits per heavy atom. The van der Waals surface area contributed by atoms with Crippen molar-refractivity contribution < 1.29 is 4.79 Å². The minimum atomic E-state index is 0.334. The average Bonchev–Trinajstić information content (AvgIpc) is 2.70. The molecule has 1 rings (SSSR count). The van der Waals surface area contributed by atoms with Crippen molar-refractivity contribution in [3.63, 3.8) is 0 Å². The normalized spacial score (nSPS) is 12.9. The first-order valence-electron chi connectivity index (χ1n) is 6.48. The first-order valence-corrected chi connectivity index (χ1v) is 8.15. The SMILES string of the molecule is CC(C)C(CCN)CCC(=O)Cc1sccc1Br. The third kappa shape index (κ3) is 5.21. The summed E-state index contributed by atoms with van der Waals surface area (Å²) in [5, 5.41) is 2.01. The van der Waals surface area contributed by atoms with Crippen molar-refractivity contribution in [1.29, 1.82) is 0 Å². The van der Waals surface area contributed by atoms with E-state index in [0.717, 1.165) is 22.2 Å². The maximum absolute atomic E-state index is 11.9. The van der Waals surface area contributed by atoms with Crippen LogP contribution in [0.3, 0.4) is 0 Å². The highest BCUT2D eigenvalue weighted by Gasteiger charge is 2.15. The number of ketones is 1. The molecular formula is C14H22BrNOS. The van der Waals surface area contributed by atoms with E-state index >= 15 is 0 Å². The number of hydrogen-bond donors (Lipinski definition) is 1. The lowest BCUT2D eigenvalue weighted by Gasteiger charge is -2.19. The summed E-state index contributed by atoms with van der Waals surface area (Å²) in [7, 11) is 0. The molecule has 4 heteroatoms. The smallest absolute Gasteiger partial charge is 0.138 e. The van der Waals surface area contributed by atoms with Gasteiger partial charge in [-0.3, -0.25) is 4.79 Å². The quantitative estimate of drug-likeness (QED) is 0.781. The molecule has 2 N–H and O–H groups in total. The van der Waals surface area contributed by atoms with Gasteiger partial charge in [0.05, 0.1) is 0 Å². The van der Waals surface area contributed by atoms with Crippen LogP contribution in [-0.4, -0.2) is 12.3 Å². The largest absolute Gasteiger partial charge is 0.330 e. The molecule has 0 saturated carbocycles. The molecule has 2 nitrogen and oxygen atoms in total. The van der Waals surface area contributed by atoms with E-state index < -0.39 is 0 Å². The van der Waals surface area contributed by atoms with Crippen LogP contribution in [-0.2, 0) is 11.2 Å². The predicted molar refractivity (Wildman–Crippen MR) is 82.0 cm³/mol. The summed E-state index contributed by atoms with van der Waals surface area (Å²) in [5.41, 5.74) is 5.61. The number of carbonyl (C=O) groups is 1. The molecule has 1 aromatic rings. The fraction of sp³-hybridized carbons (Fsp3) is 0.643. The molecule has 0 aliphatic heterocycles. The van der Waals surface area contributed by atoms with E-state index in [0.29, 0.717) is 37.0 Å². The molecular weight excluding hydrogens is 310 g/mol. The van der Waals surface area contributed by atoms with Crippen molar-refractivity contribution in [2.75, 3.05) is 6.54 Å². The van der Waals surface area contributed by atoms with Crippen LogP contribution < -0.4 is 5.73 Å². The zero-order valence-electron chi connectivity index (χ0n) is 11.1. The van der Waals surface area contributed by atoms with E-state index in [-0.39, 0.29) is 0 Å². The van der Waals surface area contributed by atoms with Crippen molar-refractivity contribution in [3.05, 3.63) is 20.8 Å². The number of carbonyl (C=O) groups excluding carboxylic acids is 1.